The predicted molar refractivity (Wildman–Crippen MR) is 121 cm³/mol. The molecule has 0 saturated carbocycles. The van der Waals surface area contributed by atoms with E-state index in [1.54, 1.807) is 47.9 Å². The van der Waals surface area contributed by atoms with Crippen LogP contribution in [0.25, 0.3) is 22.3 Å². The van der Waals surface area contributed by atoms with Gasteiger partial charge in [-0.15, -0.1) is 10.2 Å². The van der Waals surface area contributed by atoms with Crippen LogP contribution in [0, 0.1) is 18.3 Å². The molecule has 13 heteroatoms. The van der Waals surface area contributed by atoms with E-state index in [0.717, 1.165) is 0 Å². The van der Waals surface area contributed by atoms with Crippen LogP contribution in [-0.4, -0.2) is 39.3 Å². The summed E-state index contributed by atoms with van der Waals surface area (Å²) in [5, 5.41) is 17.2. The molecule has 0 radical (unpaired) electrons. The Hall–Kier alpha value is -4.01. The maximum absolute atomic E-state index is 11.0. The molecule has 5 aromatic rings. The van der Waals surface area contributed by atoms with Crippen LogP contribution in [0.5, 0.6) is 11.8 Å². The summed E-state index contributed by atoms with van der Waals surface area (Å²) in [5.41, 5.74) is 3.19. The summed E-state index contributed by atoms with van der Waals surface area (Å²) in [4.78, 5) is 26.1. The number of nitrogens with one attached hydrogen (secondary N) is 1. The van der Waals surface area contributed by atoms with Gasteiger partial charge in [0.05, 0.1) is 22.7 Å². The molecule has 5 heterocycles. The van der Waals surface area contributed by atoms with Crippen molar-refractivity contribution < 1.29 is 4.74 Å². The summed E-state index contributed by atoms with van der Waals surface area (Å²) < 4.78 is 9.05. The molecule has 0 spiro atoms. The number of aryl methyl sites for hydroxylation is 3. The fraction of sp³-hybridized carbons (Fsp3) is 0.150. The van der Waals surface area contributed by atoms with E-state index < -0.39 is 0 Å². The normalized spacial score (nSPS) is 10.7. The number of fused-ring (bicyclic) bond motifs is 2. The van der Waals surface area contributed by atoms with E-state index >= 15 is 0 Å². The second-order valence-corrected chi connectivity index (χ2v) is 7.75. The zero-order valence-corrected chi connectivity index (χ0v) is 19.0. The highest BCUT2D eigenvalue weighted by Crippen LogP contribution is 2.28. The van der Waals surface area contributed by atoms with Crippen LogP contribution in [0.15, 0.2) is 35.6 Å². The van der Waals surface area contributed by atoms with E-state index in [1.165, 1.54) is 6.07 Å². The van der Waals surface area contributed by atoms with Gasteiger partial charge in [0.15, 0.2) is 11.3 Å². The number of halogens is 2. The van der Waals surface area contributed by atoms with Gasteiger partial charge in [-0.05, 0) is 13.0 Å². The zero-order valence-electron chi connectivity index (χ0n) is 17.5. The lowest BCUT2D eigenvalue weighted by atomic mass is 10.3. The molecule has 33 heavy (non-hydrogen) atoms. The minimum atomic E-state index is -0.212. The lowest BCUT2D eigenvalue weighted by Crippen LogP contribution is -2.05. The third-order valence-electron chi connectivity index (χ3n) is 4.52. The van der Waals surface area contributed by atoms with E-state index in [0.29, 0.717) is 43.8 Å². The minimum absolute atomic E-state index is 0.212. The molecule has 0 aromatic carbocycles. The van der Waals surface area contributed by atoms with Gasteiger partial charge in [-0.1, -0.05) is 23.2 Å². The van der Waals surface area contributed by atoms with Gasteiger partial charge < -0.3 is 18.9 Å². The van der Waals surface area contributed by atoms with Gasteiger partial charge in [0.25, 0.3) is 5.56 Å². The Kier molecular flexibility index (Phi) is 5.95. The first kappa shape index (κ1) is 22.2. The van der Waals surface area contributed by atoms with Crippen molar-refractivity contribution in [1.29, 1.82) is 5.26 Å². The fourth-order valence-electron chi connectivity index (χ4n) is 2.91. The predicted octanol–water partition coefficient (Wildman–Crippen LogP) is 3.30. The first-order chi connectivity index (χ1) is 15.8. The smallest absolute Gasteiger partial charge is 0.251 e. The van der Waals surface area contributed by atoms with Gasteiger partial charge in [0, 0.05) is 31.8 Å². The largest absolute Gasteiger partial charge is 0.419 e. The van der Waals surface area contributed by atoms with Crippen molar-refractivity contribution in [3.05, 3.63) is 62.5 Å². The van der Waals surface area contributed by atoms with Crippen molar-refractivity contribution in [2.24, 2.45) is 14.1 Å². The standard InChI is InChI=1S/C13H9ClN6O.C7H6ClN3O/c1-7-3-8(5-15)18-19-13(7)21-10-4-9(14)11-12(17-10)20(2)6-16-11;1-11-3-9-6-4(8)2-5(12)10-7(6)11/h3-4,6H,1-2H3;2-3H,1H3,(H,10,12). The second-order valence-electron chi connectivity index (χ2n) is 6.94. The molecule has 11 nitrogen and oxygen atoms in total. The number of hydrogen-bond donors (Lipinski definition) is 1. The van der Waals surface area contributed by atoms with Crippen molar-refractivity contribution in [1.82, 2.24) is 39.3 Å². The number of nitriles is 1. The number of aromatic amines is 1. The van der Waals surface area contributed by atoms with Gasteiger partial charge in [0.1, 0.15) is 22.7 Å². The molecule has 0 fully saturated rings. The van der Waals surface area contributed by atoms with Gasteiger partial charge in [-0.25, -0.2) is 9.97 Å². The van der Waals surface area contributed by atoms with Crippen LogP contribution < -0.4 is 10.3 Å². The van der Waals surface area contributed by atoms with Crippen molar-refractivity contribution >= 4 is 45.5 Å². The van der Waals surface area contributed by atoms with Crippen LogP contribution >= 0.6 is 23.2 Å². The van der Waals surface area contributed by atoms with Crippen molar-refractivity contribution in [2.45, 2.75) is 6.92 Å². The third kappa shape index (κ3) is 4.48. The molecule has 0 saturated heterocycles. The Morgan fingerprint density at radius 1 is 1.03 bits per heavy atom. The number of hydrogen-bond acceptors (Lipinski definition) is 8. The molecule has 0 aliphatic rings. The second kappa shape index (κ2) is 8.85. The molecule has 5 rings (SSSR count). The first-order valence-electron chi connectivity index (χ1n) is 9.36. The summed E-state index contributed by atoms with van der Waals surface area (Å²) in [5.74, 6) is 0.567. The lowest BCUT2D eigenvalue weighted by molar-refractivity contribution is 0.435. The summed E-state index contributed by atoms with van der Waals surface area (Å²) in [7, 11) is 3.61. The first-order valence-corrected chi connectivity index (χ1v) is 10.1. The average molecular weight is 484 g/mol. The maximum Gasteiger partial charge on any atom is 0.251 e. The number of rotatable bonds is 2. The van der Waals surface area contributed by atoms with Gasteiger partial charge in [0.2, 0.25) is 11.8 Å². The fourth-order valence-corrected chi connectivity index (χ4v) is 3.37. The molecule has 0 aliphatic carbocycles. The topological polar surface area (TPSA) is 140 Å². The number of nitrogens with zero attached hydrogens (tertiary/aromatic N) is 8. The maximum atomic E-state index is 11.0. The molecule has 5 aromatic heterocycles. The highest BCUT2D eigenvalue weighted by molar-refractivity contribution is 6.35. The summed E-state index contributed by atoms with van der Waals surface area (Å²) in [6, 6.07) is 6.39. The number of H-pyrrole nitrogens is 1. The summed E-state index contributed by atoms with van der Waals surface area (Å²) in [6.45, 7) is 1.77. The number of pyridine rings is 2. The van der Waals surface area contributed by atoms with Crippen LogP contribution in [0.4, 0.5) is 0 Å². The summed E-state index contributed by atoms with van der Waals surface area (Å²) in [6.07, 6.45) is 3.23. The van der Waals surface area contributed by atoms with E-state index in [-0.39, 0.29) is 17.1 Å². The van der Waals surface area contributed by atoms with Gasteiger partial charge in [-0.2, -0.15) is 10.2 Å². The number of imidazole rings is 2. The van der Waals surface area contributed by atoms with E-state index in [4.69, 9.17) is 33.2 Å². The van der Waals surface area contributed by atoms with E-state index in [1.807, 2.05) is 13.1 Å². The third-order valence-corrected chi connectivity index (χ3v) is 5.09. The van der Waals surface area contributed by atoms with Crippen LogP contribution in [0.2, 0.25) is 10.0 Å². The Balaban J connectivity index is 0.000000183. The zero-order chi connectivity index (χ0) is 23.7. The number of aromatic nitrogens is 8. The Morgan fingerprint density at radius 2 is 1.73 bits per heavy atom. The molecule has 0 amide bonds. The highest BCUT2D eigenvalue weighted by Gasteiger charge is 2.12. The quantitative estimate of drug-likeness (QED) is 0.403. The van der Waals surface area contributed by atoms with Crippen LogP contribution in [0.3, 0.4) is 0 Å². The van der Waals surface area contributed by atoms with E-state index in [9.17, 15) is 4.79 Å². The molecule has 0 aliphatic heterocycles. The van der Waals surface area contributed by atoms with Gasteiger partial charge >= 0.3 is 0 Å². The van der Waals surface area contributed by atoms with Crippen molar-refractivity contribution in [3.8, 4) is 17.8 Å². The molecule has 0 bridgehead atoms. The molecule has 166 valence electrons. The summed E-state index contributed by atoms with van der Waals surface area (Å²) >= 11 is 11.9. The Bertz CT molecular complexity index is 1600. The number of ether oxygens (including phenoxy) is 1. The van der Waals surface area contributed by atoms with Crippen LogP contribution in [-0.2, 0) is 14.1 Å². The van der Waals surface area contributed by atoms with Crippen molar-refractivity contribution in [2.75, 3.05) is 0 Å². The lowest BCUT2D eigenvalue weighted by Gasteiger charge is -2.06. The van der Waals surface area contributed by atoms with Crippen molar-refractivity contribution in [3.63, 3.8) is 0 Å². The molecular weight excluding hydrogens is 469 g/mol. The monoisotopic (exact) mass is 483 g/mol. The molecular formula is C20H15Cl2N9O2. The van der Waals surface area contributed by atoms with Gasteiger partial charge in [-0.3, -0.25) is 4.79 Å². The SMILES string of the molecule is Cc1cc(C#N)nnc1Oc1cc(Cl)c2ncn(C)c2n1.Cn1cnc2c(Cl)cc(=O)[nH]c21. The molecule has 0 unspecified atom stereocenters. The molecule has 0 atom stereocenters. The Labute approximate surface area is 196 Å². The minimum Gasteiger partial charge on any atom is -0.419 e. The Morgan fingerprint density at radius 3 is 2.45 bits per heavy atom. The van der Waals surface area contributed by atoms with Crippen LogP contribution in [0.1, 0.15) is 11.3 Å². The highest BCUT2D eigenvalue weighted by atomic mass is 35.5. The molecule has 1 N–H and O–H groups in total. The van der Waals surface area contributed by atoms with E-state index in [2.05, 4.69) is 30.1 Å². The average Bonchev–Trinajstić information content (AvgIpc) is 3.33.